The number of anilines is 1. The topological polar surface area (TPSA) is 80.5 Å². The molecule has 6 heteroatoms. The highest BCUT2D eigenvalue weighted by Gasteiger charge is 2.38. The number of piperazine rings is 1. The van der Waals surface area contributed by atoms with Crippen LogP contribution in [0.2, 0.25) is 0 Å². The molecule has 0 aliphatic carbocycles. The number of rotatable bonds is 1. The van der Waals surface area contributed by atoms with E-state index in [9.17, 15) is 9.90 Å². The van der Waals surface area contributed by atoms with Gasteiger partial charge in [-0.1, -0.05) is 20.8 Å². The number of pyridine rings is 1. The predicted octanol–water partition coefficient (Wildman–Crippen LogP) is 2.17. The Morgan fingerprint density at radius 2 is 2.14 bits per heavy atom. The van der Waals surface area contributed by atoms with Gasteiger partial charge in [0.05, 0.1) is 11.6 Å². The predicted molar refractivity (Wildman–Crippen MR) is 79.1 cm³/mol. The quantitative estimate of drug-likeness (QED) is 0.856. The van der Waals surface area contributed by atoms with Crippen molar-refractivity contribution in [2.24, 2.45) is 5.41 Å². The number of hydrogen-bond acceptors (Lipinski definition) is 4. The van der Waals surface area contributed by atoms with Crippen molar-refractivity contribution in [1.82, 2.24) is 9.88 Å². The fourth-order valence-corrected chi connectivity index (χ4v) is 2.60. The summed E-state index contributed by atoms with van der Waals surface area (Å²) in [5.74, 6) is 0.785. The van der Waals surface area contributed by atoms with Gasteiger partial charge in [-0.05, 0) is 17.5 Å². The summed E-state index contributed by atoms with van der Waals surface area (Å²) in [5.41, 5.74) is 0.374. The molecule has 0 aromatic carbocycles. The molecule has 1 aliphatic heterocycles. The zero-order valence-electron chi connectivity index (χ0n) is 12.6. The van der Waals surface area contributed by atoms with Gasteiger partial charge >= 0.3 is 6.09 Å². The van der Waals surface area contributed by atoms with Crippen LogP contribution in [-0.4, -0.2) is 46.8 Å². The van der Waals surface area contributed by atoms with Crippen LogP contribution in [0.25, 0.3) is 0 Å². The van der Waals surface area contributed by atoms with Crippen LogP contribution >= 0.6 is 0 Å². The van der Waals surface area contributed by atoms with Crippen molar-refractivity contribution in [3.63, 3.8) is 0 Å². The zero-order valence-corrected chi connectivity index (χ0v) is 12.6. The first-order valence-corrected chi connectivity index (χ1v) is 6.93. The molecule has 0 saturated carbocycles. The fraction of sp³-hybridized carbons (Fsp3) is 0.533. The van der Waals surface area contributed by atoms with Crippen LogP contribution in [0.1, 0.15) is 26.3 Å². The molecule has 1 atom stereocenters. The Hall–Kier alpha value is -2.29. The SMILES string of the molecule is CC(C)(C)C1CN(c2ccc(C#N)cn2)CCN1C(=O)O. The number of aromatic nitrogens is 1. The summed E-state index contributed by atoms with van der Waals surface area (Å²) in [6, 6.07) is 5.50. The van der Waals surface area contributed by atoms with Crippen LogP contribution in [0.4, 0.5) is 10.6 Å². The van der Waals surface area contributed by atoms with E-state index in [1.807, 2.05) is 32.9 Å². The lowest BCUT2D eigenvalue weighted by Crippen LogP contribution is -2.59. The van der Waals surface area contributed by atoms with Crippen LogP contribution in [-0.2, 0) is 0 Å². The molecule has 1 fully saturated rings. The molecule has 112 valence electrons. The number of nitriles is 1. The summed E-state index contributed by atoms with van der Waals surface area (Å²) in [7, 11) is 0. The maximum Gasteiger partial charge on any atom is 0.407 e. The Labute approximate surface area is 124 Å². The fourth-order valence-electron chi connectivity index (χ4n) is 2.60. The molecule has 1 aromatic rings. The average molecular weight is 288 g/mol. The molecular formula is C15H20N4O2. The van der Waals surface area contributed by atoms with Gasteiger partial charge in [0.25, 0.3) is 0 Å². The summed E-state index contributed by atoms with van der Waals surface area (Å²) in [5, 5.41) is 18.2. The smallest absolute Gasteiger partial charge is 0.407 e. The van der Waals surface area contributed by atoms with Gasteiger partial charge < -0.3 is 14.9 Å². The van der Waals surface area contributed by atoms with Crippen LogP contribution < -0.4 is 4.90 Å². The molecule has 2 heterocycles. The average Bonchev–Trinajstić information content (AvgIpc) is 2.45. The molecule has 21 heavy (non-hydrogen) atoms. The third kappa shape index (κ3) is 3.24. The second-order valence-corrected chi connectivity index (χ2v) is 6.32. The lowest BCUT2D eigenvalue weighted by molar-refractivity contribution is 0.0747. The first-order chi connectivity index (χ1) is 9.82. The first kappa shape index (κ1) is 15.1. The monoisotopic (exact) mass is 288 g/mol. The molecule has 0 bridgehead atoms. The summed E-state index contributed by atoms with van der Waals surface area (Å²) in [4.78, 5) is 19.3. The standard InChI is InChI=1S/C15H20N4O2/c1-15(2,3)12-10-18(6-7-19(12)14(20)21)13-5-4-11(8-16)9-17-13/h4-5,9,12H,6-7,10H2,1-3H3,(H,20,21). The second kappa shape index (κ2) is 5.60. The van der Waals surface area contributed by atoms with Crippen molar-refractivity contribution >= 4 is 11.9 Å². The van der Waals surface area contributed by atoms with Crippen molar-refractivity contribution in [1.29, 1.82) is 5.26 Å². The Morgan fingerprint density at radius 1 is 1.43 bits per heavy atom. The minimum absolute atomic E-state index is 0.0961. The Balaban J connectivity index is 2.21. The van der Waals surface area contributed by atoms with E-state index in [1.165, 1.54) is 4.90 Å². The summed E-state index contributed by atoms with van der Waals surface area (Å²) < 4.78 is 0. The normalized spacial score (nSPS) is 19.2. The molecule has 1 N–H and O–H groups in total. The van der Waals surface area contributed by atoms with Crippen LogP contribution in [0.3, 0.4) is 0 Å². The summed E-state index contributed by atoms with van der Waals surface area (Å²) in [6.07, 6.45) is 0.674. The van der Waals surface area contributed by atoms with E-state index < -0.39 is 6.09 Å². The van der Waals surface area contributed by atoms with Crippen LogP contribution in [0.5, 0.6) is 0 Å². The number of amides is 1. The van der Waals surface area contributed by atoms with Gasteiger partial charge in [0, 0.05) is 25.8 Å². The van der Waals surface area contributed by atoms with Gasteiger partial charge in [-0.15, -0.1) is 0 Å². The largest absolute Gasteiger partial charge is 0.465 e. The highest BCUT2D eigenvalue weighted by Crippen LogP contribution is 2.29. The minimum Gasteiger partial charge on any atom is -0.465 e. The number of hydrogen-bond donors (Lipinski definition) is 1. The van der Waals surface area contributed by atoms with Gasteiger partial charge in [-0.3, -0.25) is 0 Å². The van der Waals surface area contributed by atoms with Crippen molar-refractivity contribution in [3.05, 3.63) is 23.9 Å². The highest BCUT2D eigenvalue weighted by atomic mass is 16.4. The lowest BCUT2D eigenvalue weighted by Gasteiger charge is -2.46. The highest BCUT2D eigenvalue weighted by molar-refractivity contribution is 5.66. The molecule has 1 aromatic heterocycles. The Kier molecular flexibility index (Phi) is 4.03. The van der Waals surface area contributed by atoms with Gasteiger partial charge in [0.15, 0.2) is 0 Å². The first-order valence-electron chi connectivity index (χ1n) is 6.93. The van der Waals surface area contributed by atoms with Crippen molar-refractivity contribution in [3.8, 4) is 6.07 Å². The molecule has 1 unspecified atom stereocenters. The molecule has 0 radical (unpaired) electrons. The molecular weight excluding hydrogens is 268 g/mol. The number of carboxylic acid groups (broad SMARTS) is 1. The van der Waals surface area contributed by atoms with Crippen LogP contribution in [0.15, 0.2) is 18.3 Å². The van der Waals surface area contributed by atoms with E-state index in [1.54, 1.807) is 12.3 Å². The molecule has 6 nitrogen and oxygen atoms in total. The van der Waals surface area contributed by atoms with Gasteiger partial charge in [-0.25, -0.2) is 9.78 Å². The maximum atomic E-state index is 11.4. The second-order valence-electron chi connectivity index (χ2n) is 6.32. The Bertz CT molecular complexity index is 557. The summed E-state index contributed by atoms with van der Waals surface area (Å²) in [6.45, 7) is 7.81. The summed E-state index contributed by atoms with van der Waals surface area (Å²) >= 11 is 0. The molecule has 1 saturated heterocycles. The molecule has 1 aliphatic rings. The van der Waals surface area contributed by atoms with Crippen molar-refractivity contribution in [2.75, 3.05) is 24.5 Å². The maximum absolute atomic E-state index is 11.4. The van der Waals surface area contributed by atoms with Crippen molar-refractivity contribution < 1.29 is 9.90 Å². The van der Waals surface area contributed by atoms with E-state index in [-0.39, 0.29) is 11.5 Å². The molecule has 0 spiro atoms. The third-order valence-electron chi connectivity index (χ3n) is 3.83. The lowest BCUT2D eigenvalue weighted by atomic mass is 9.84. The van der Waals surface area contributed by atoms with E-state index in [0.29, 0.717) is 25.2 Å². The Morgan fingerprint density at radius 3 is 2.62 bits per heavy atom. The number of carbonyl (C=O) groups is 1. The molecule has 2 rings (SSSR count). The zero-order chi connectivity index (χ0) is 15.6. The van der Waals surface area contributed by atoms with Crippen LogP contribution in [0, 0.1) is 16.7 Å². The molecule has 1 amide bonds. The van der Waals surface area contributed by atoms with Gasteiger partial charge in [0.2, 0.25) is 0 Å². The van der Waals surface area contributed by atoms with Crippen molar-refractivity contribution in [2.45, 2.75) is 26.8 Å². The van der Waals surface area contributed by atoms with Gasteiger partial charge in [-0.2, -0.15) is 5.26 Å². The number of nitrogens with zero attached hydrogens (tertiary/aromatic N) is 4. The van der Waals surface area contributed by atoms with E-state index >= 15 is 0 Å². The minimum atomic E-state index is -0.873. The third-order valence-corrected chi connectivity index (χ3v) is 3.83. The van der Waals surface area contributed by atoms with E-state index in [4.69, 9.17) is 5.26 Å². The van der Waals surface area contributed by atoms with E-state index in [2.05, 4.69) is 9.88 Å². The van der Waals surface area contributed by atoms with E-state index in [0.717, 1.165) is 5.82 Å². The van der Waals surface area contributed by atoms with Gasteiger partial charge in [0.1, 0.15) is 11.9 Å².